The Morgan fingerprint density at radius 1 is 1.19 bits per heavy atom. The van der Waals surface area contributed by atoms with Gasteiger partial charge in [0.05, 0.1) is 4.91 Å². The number of carbonyl (C=O) groups excluding carboxylic acids is 3. The number of piperazine rings is 1. The number of carbonyl (C=O) groups is 3. The number of nitrogens with one attached hydrogen (secondary N) is 1. The first kappa shape index (κ1) is 21.3. The second kappa shape index (κ2) is 9.77. The average Bonchev–Trinajstić information content (AvgIpc) is 2.97. The van der Waals surface area contributed by atoms with Crippen molar-refractivity contribution in [1.29, 1.82) is 0 Å². The minimum absolute atomic E-state index is 0. The summed E-state index contributed by atoms with van der Waals surface area (Å²) in [7, 11) is 0. The standard InChI is InChI=1S/C18H22N4O3S.ClH/c19-7-3-6-16(23)22-10-8-21(9-11-22)14-5-2-1-4-13(14)12-15-17(24)20-18(25)26-15;/h1-2,4-5,12H,3,6-11,19H2,(H,20,24,25);1H/b15-12+;. The maximum atomic E-state index is 12.1. The van der Waals surface area contributed by atoms with E-state index in [1.807, 2.05) is 29.2 Å². The van der Waals surface area contributed by atoms with Crippen LogP contribution >= 0.6 is 24.2 Å². The molecule has 2 saturated heterocycles. The minimum Gasteiger partial charge on any atom is -0.367 e. The number of rotatable bonds is 5. The maximum absolute atomic E-state index is 12.1. The highest BCUT2D eigenvalue weighted by atomic mass is 35.5. The fraction of sp³-hybridized carbons (Fsp3) is 0.389. The molecular formula is C18H23ClN4O3S. The van der Waals surface area contributed by atoms with Crippen LogP contribution in [0.5, 0.6) is 0 Å². The van der Waals surface area contributed by atoms with Crippen molar-refractivity contribution in [2.75, 3.05) is 37.6 Å². The number of hydrogen-bond acceptors (Lipinski definition) is 6. The molecule has 0 spiro atoms. The lowest BCUT2D eigenvalue weighted by Crippen LogP contribution is -2.49. The number of benzene rings is 1. The number of amides is 3. The SMILES string of the molecule is Cl.NCCCC(=O)N1CCN(c2ccccc2/C=C2/SC(=O)NC2=O)CC1. The van der Waals surface area contributed by atoms with Crippen LogP contribution in [0.15, 0.2) is 29.2 Å². The van der Waals surface area contributed by atoms with E-state index >= 15 is 0 Å². The molecule has 2 fully saturated rings. The van der Waals surface area contributed by atoms with Crippen molar-refractivity contribution in [2.45, 2.75) is 12.8 Å². The van der Waals surface area contributed by atoms with Crippen molar-refractivity contribution < 1.29 is 14.4 Å². The lowest BCUT2D eigenvalue weighted by Gasteiger charge is -2.37. The van der Waals surface area contributed by atoms with E-state index < -0.39 is 0 Å². The molecular weight excluding hydrogens is 388 g/mol. The highest BCUT2D eigenvalue weighted by molar-refractivity contribution is 8.18. The summed E-state index contributed by atoms with van der Waals surface area (Å²) in [6.07, 6.45) is 2.96. The molecule has 3 amide bonds. The minimum atomic E-state index is -0.356. The molecule has 0 unspecified atom stereocenters. The Balaban J connectivity index is 0.00000261. The summed E-state index contributed by atoms with van der Waals surface area (Å²) in [4.78, 5) is 39.8. The molecule has 1 aromatic carbocycles. The molecule has 146 valence electrons. The van der Waals surface area contributed by atoms with Gasteiger partial charge < -0.3 is 15.5 Å². The molecule has 2 aliphatic rings. The van der Waals surface area contributed by atoms with Gasteiger partial charge in [0, 0.05) is 38.3 Å². The van der Waals surface area contributed by atoms with Gasteiger partial charge in [-0.2, -0.15) is 0 Å². The lowest BCUT2D eigenvalue weighted by atomic mass is 10.1. The summed E-state index contributed by atoms with van der Waals surface area (Å²) >= 11 is 0.916. The first-order valence-corrected chi connectivity index (χ1v) is 9.47. The van der Waals surface area contributed by atoms with Gasteiger partial charge in [0.2, 0.25) is 5.91 Å². The Morgan fingerprint density at radius 3 is 2.52 bits per heavy atom. The van der Waals surface area contributed by atoms with Crippen LogP contribution in [0.25, 0.3) is 6.08 Å². The van der Waals surface area contributed by atoms with Crippen molar-refractivity contribution in [3.63, 3.8) is 0 Å². The van der Waals surface area contributed by atoms with E-state index in [1.54, 1.807) is 6.08 Å². The van der Waals surface area contributed by atoms with E-state index in [1.165, 1.54) is 0 Å². The van der Waals surface area contributed by atoms with Crippen LogP contribution < -0.4 is 16.0 Å². The monoisotopic (exact) mass is 410 g/mol. The molecule has 27 heavy (non-hydrogen) atoms. The summed E-state index contributed by atoms with van der Waals surface area (Å²) in [5.74, 6) is -0.201. The third kappa shape index (κ3) is 5.24. The van der Waals surface area contributed by atoms with Crippen LogP contribution in [0, 0.1) is 0 Å². The first-order chi connectivity index (χ1) is 12.6. The smallest absolute Gasteiger partial charge is 0.290 e. The van der Waals surface area contributed by atoms with E-state index in [0.29, 0.717) is 37.4 Å². The predicted molar refractivity (Wildman–Crippen MR) is 110 cm³/mol. The van der Waals surface area contributed by atoms with E-state index in [-0.39, 0.29) is 29.5 Å². The van der Waals surface area contributed by atoms with Gasteiger partial charge in [-0.05, 0) is 42.4 Å². The average molecular weight is 411 g/mol. The molecule has 0 aromatic heterocycles. The zero-order valence-corrected chi connectivity index (χ0v) is 16.5. The van der Waals surface area contributed by atoms with E-state index in [9.17, 15) is 14.4 Å². The molecule has 3 rings (SSSR count). The zero-order chi connectivity index (χ0) is 18.5. The molecule has 1 aromatic rings. The third-order valence-corrected chi connectivity index (χ3v) is 5.24. The molecule has 0 bridgehead atoms. The third-order valence-electron chi connectivity index (χ3n) is 4.43. The number of thioether (sulfide) groups is 1. The van der Waals surface area contributed by atoms with E-state index in [4.69, 9.17) is 5.73 Å². The fourth-order valence-corrected chi connectivity index (χ4v) is 3.74. The van der Waals surface area contributed by atoms with E-state index in [2.05, 4.69) is 10.2 Å². The normalized spacial score (nSPS) is 18.5. The summed E-state index contributed by atoms with van der Waals surface area (Å²) in [5, 5.41) is 1.93. The van der Waals surface area contributed by atoms with Gasteiger partial charge in [-0.15, -0.1) is 12.4 Å². The number of hydrogen-bond donors (Lipinski definition) is 2. The molecule has 2 heterocycles. The Bertz CT molecular complexity index is 748. The largest absolute Gasteiger partial charge is 0.367 e. The molecule has 9 heteroatoms. The Kier molecular flexibility index (Phi) is 7.70. The number of para-hydroxylation sites is 1. The second-order valence-electron chi connectivity index (χ2n) is 6.17. The Hall–Kier alpha value is -2.03. The number of nitrogens with two attached hydrogens (primary N) is 1. The second-order valence-corrected chi connectivity index (χ2v) is 7.19. The van der Waals surface area contributed by atoms with Gasteiger partial charge in [0.15, 0.2) is 0 Å². The van der Waals surface area contributed by atoms with Gasteiger partial charge in [0.1, 0.15) is 0 Å². The van der Waals surface area contributed by atoms with Crippen LogP contribution in [0.4, 0.5) is 10.5 Å². The topological polar surface area (TPSA) is 95.7 Å². The number of halogens is 1. The van der Waals surface area contributed by atoms with Crippen molar-refractivity contribution >= 4 is 53.0 Å². The van der Waals surface area contributed by atoms with Gasteiger partial charge in [-0.3, -0.25) is 19.7 Å². The molecule has 0 radical (unpaired) electrons. The van der Waals surface area contributed by atoms with Gasteiger partial charge in [-0.25, -0.2) is 0 Å². The van der Waals surface area contributed by atoms with Crippen molar-refractivity contribution in [1.82, 2.24) is 10.2 Å². The predicted octanol–water partition coefficient (Wildman–Crippen LogP) is 1.82. The summed E-state index contributed by atoms with van der Waals surface area (Å²) < 4.78 is 0. The summed E-state index contributed by atoms with van der Waals surface area (Å²) in [6.45, 7) is 3.32. The quantitative estimate of drug-likeness (QED) is 0.719. The molecule has 0 atom stereocenters. The van der Waals surface area contributed by atoms with Gasteiger partial charge in [0.25, 0.3) is 11.1 Å². The number of anilines is 1. The molecule has 7 nitrogen and oxygen atoms in total. The van der Waals surface area contributed by atoms with Crippen molar-refractivity contribution in [3.05, 3.63) is 34.7 Å². The number of imide groups is 1. The maximum Gasteiger partial charge on any atom is 0.290 e. The van der Waals surface area contributed by atoms with Crippen molar-refractivity contribution in [2.24, 2.45) is 5.73 Å². The van der Waals surface area contributed by atoms with E-state index in [0.717, 1.165) is 36.1 Å². The molecule has 0 saturated carbocycles. The number of nitrogens with zero attached hydrogens (tertiary/aromatic N) is 2. The fourth-order valence-electron chi connectivity index (χ4n) is 3.07. The molecule has 3 N–H and O–H groups in total. The van der Waals surface area contributed by atoms with Crippen LogP contribution in [-0.4, -0.2) is 54.7 Å². The van der Waals surface area contributed by atoms with Crippen molar-refractivity contribution in [3.8, 4) is 0 Å². The highest BCUT2D eigenvalue weighted by Crippen LogP contribution is 2.30. The van der Waals surface area contributed by atoms with Crippen LogP contribution in [0.2, 0.25) is 0 Å². The molecule has 0 aliphatic carbocycles. The van der Waals surface area contributed by atoms with Crippen LogP contribution in [0.1, 0.15) is 18.4 Å². The van der Waals surface area contributed by atoms with Crippen LogP contribution in [-0.2, 0) is 9.59 Å². The zero-order valence-electron chi connectivity index (χ0n) is 14.8. The Morgan fingerprint density at radius 2 is 1.89 bits per heavy atom. The summed E-state index contributed by atoms with van der Waals surface area (Å²) in [5.41, 5.74) is 7.36. The summed E-state index contributed by atoms with van der Waals surface area (Å²) in [6, 6.07) is 7.78. The Labute approximate surface area is 168 Å². The van der Waals surface area contributed by atoms with Gasteiger partial charge in [-0.1, -0.05) is 18.2 Å². The van der Waals surface area contributed by atoms with Crippen LogP contribution in [0.3, 0.4) is 0 Å². The highest BCUT2D eigenvalue weighted by Gasteiger charge is 2.26. The first-order valence-electron chi connectivity index (χ1n) is 8.65. The molecule has 2 aliphatic heterocycles. The van der Waals surface area contributed by atoms with Gasteiger partial charge >= 0.3 is 0 Å². The lowest BCUT2D eigenvalue weighted by molar-refractivity contribution is -0.131.